The lowest BCUT2D eigenvalue weighted by Gasteiger charge is -2.08. The maximum Gasteiger partial charge on any atom is 0.488 e. The van der Waals surface area contributed by atoms with E-state index in [0.717, 1.165) is 37.1 Å². The largest absolute Gasteiger partial charge is 0.488 e. The molecule has 0 saturated heterocycles. The van der Waals surface area contributed by atoms with Crippen LogP contribution in [0.4, 0.5) is 0 Å². The van der Waals surface area contributed by atoms with Gasteiger partial charge in [0.2, 0.25) is 20.0 Å². The molecule has 0 radical (unpaired) electrons. The molecular formula is C46H34BBrCl2N2O8S2. The maximum atomic E-state index is 12.8. The van der Waals surface area contributed by atoms with Crippen molar-refractivity contribution in [2.75, 3.05) is 0 Å². The summed E-state index contributed by atoms with van der Waals surface area (Å²) in [5.41, 5.74) is 3.85. The molecular weight excluding hydrogens is 934 g/mol. The highest BCUT2D eigenvalue weighted by Gasteiger charge is 2.19. The molecule has 0 aliphatic carbocycles. The summed E-state index contributed by atoms with van der Waals surface area (Å²) in [6, 6.07) is 49.4. The van der Waals surface area contributed by atoms with Crippen molar-refractivity contribution >= 4 is 105 Å². The molecule has 0 fully saturated rings. The molecule has 0 amide bonds. The number of carbonyl (C=O) groups excluding carboxylic acids is 2. The zero-order valence-corrected chi connectivity index (χ0v) is 36.9. The van der Waals surface area contributed by atoms with Crippen LogP contribution in [0.2, 0.25) is 10.0 Å². The summed E-state index contributed by atoms with van der Waals surface area (Å²) in [5.74, 6) is -0.615. The Morgan fingerprint density at radius 2 is 0.855 bits per heavy atom. The highest BCUT2D eigenvalue weighted by Crippen LogP contribution is 2.27. The van der Waals surface area contributed by atoms with Crippen molar-refractivity contribution in [2.24, 2.45) is 10.3 Å². The van der Waals surface area contributed by atoms with E-state index in [-0.39, 0.29) is 42.5 Å². The zero-order chi connectivity index (χ0) is 44.8. The molecule has 0 aromatic heterocycles. The van der Waals surface area contributed by atoms with Crippen LogP contribution in [0.25, 0.3) is 32.7 Å². The van der Waals surface area contributed by atoms with Crippen LogP contribution in [0.3, 0.4) is 0 Å². The van der Waals surface area contributed by atoms with Gasteiger partial charge in [0.25, 0.3) is 0 Å². The minimum atomic E-state index is -4.02. The highest BCUT2D eigenvalue weighted by molar-refractivity contribution is 9.10. The van der Waals surface area contributed by atoms with Gasteiger partial charge in [-0.15, -0.1) is 0 Å². The molecule has 6 N–H and O–H groups in total. The molecule has 8 aromatic rings. The van der Waals surface area contributed by atoms with Gasteiger partial charge < -0.3 is 10.0 Å². The smallest absolute Gasteiger partial charge is 0.423 e. The van der Waals surface area contributed by atoms with Crippen LogP contribution < -0.4 is 15.7 Å². The van der Waals surface area contributed by atoms with Crippen molar-refractivity contribution in [1.82, 2.24) is 0 Å². The Morgan fingerprint density at radius 3 is 1.31 bits per heavy atom. The Bertz CT molecular complexity index is 3190. The molecule has 10 nitrogen and oxygen atoms in total. The number of benzene rings is 8. The van der Waals surface area contributed by atoms with Crippen molar-refractivity contribution in [3.8, 4) is 11.1 Å². The number of halogens is 3. The van der Waals surface area contributed by atoms with E-state index in [4.69, 9.17) is 43.5 Å². The van der Waals surface area contributed by atoms with Gasteiger partial charge in [0.15, 0.2) is 11.6 Å². The van der Waals surface area contributed by atoms with Crippen molar-refractivity contribution in [3.63, 3.8) is 0 Å². The van der Waals surface area contributed by atoms with E-state index in [1.54, 1.807) is 48.5 Å². The van der Waals surface area contributed by atoms with Crippen LogP contribution in [0.1, 0.15) is 31.8 Å². The molecule has 0 aliphatic rings. The van der Waals surface area contributed by atoms with Gasteiger partial charge in [-0.2, -0.15) is 0 Å². The zero-order valence-electron chi connectivity index (χ0n) is 32.2. The quantitative estimate of drug-likeness (QED) is 0.0859. The molecule has 8 aromatic carbocycles. The standard InChI is InChI=1S/C23H16ClNO3S.C13H9BrClNO3S.C10H9BO2/c24-21-12-11-20(14-22(21)29(25,27)28)23(26)17-8-5-16(6-9-17)19-10-7-15-3-1-2-4-18(15)13-19;14-10-4-1-8(2-5-10)13(17)9-3-6-11(15)12(7-9)20(16,18)19;12-11(13)10-6-5-8-3-1-2-4-9(8)7-10/h1-14H,(H2,25,27,28);1-7H,(H2,16,18,19);1-7,12-13H. The molecule has 0 unspecified atom stereocenters. The lowest BCUT2D eigenvalue weighted by molar-refractivity contribution is 0.103. The molecule has 0 aliphatic heterocycles. The monoisotopic (exact) mass is 966 g/mol. The topological polar surface area (TPSA) is 195 Å². The predicted octanol–water partition coefficient (Wildman–Crippen LogP) is 8.54. The maximum absolute atomic E-state index is 12.8. The number of ketones is 2. The van der Waals surface area contributed by atoms with Gasteiger partial charge in [0.05, 0.1) is 10.0 Å². The molecule has 0 spiro atoms. The number of sulfonamides is 2. The molecule has 8 rings (SSSR count). The second kappa shape index (κ2) is 19.7. The third-order valence-electron chi connectivity index (χ3n) is 9.41. The van der Waals surface area contributed by atoms with Gasteiger partial charge in [0, 0.05) is 26.7 Å². The average molecular weight is 969 g/mol. The summed E-state index contributed by atoms with van der Waals surface area (Å²) in [5, 5.41) is 32.5. The summed E-state index contributed by atoms with van der Waals surface area (Å²) >= 11 is 14.9. The van der Waals surface area contributed by atoms with Crippen molar-refractivity contribution in [1.29, 1.82) is 0 Å². The molecule has 0 heterocycles. The first kappa shape index (κ1) is 46.0. The lowest BCUT2D eigenvalue weighted by atomic mass is 9.79. The fourth-order valence-electron chi connectivity index (χ4n) is 6.21. The highest BCUT2D eigenvalue weighted by atomic mass is 79.9. The number of rotatable bonds is 8. The fourth-order valence-corrected chi connectivity index (χ4v) is 8.62. The van der Waals surface area contributed by atoms with Crippen molar-refractivity contribution in [3.05, 3.63) is 207 Å². The van der Waals surface area contributed by atoms with E-state index in [1.807, 2.05) is 60.7 Å². The minimum Gasteiger partial charge on any atom is -0.423 e. The number of primary sulfonamides is 2. The third-order valence-corrected chi connectivity index (χ3v) is 12.7. The molecule has 312 valence electrons. The Hall–Kier alpha value is -5.52. The molecule has 0 bridgehead atoms. The molecule has 16 heteroatoms. The first-order chi connectivity index (χ1) is 29.4. The van der Waals surface area contributed by atoms with E-state index < -0.39 is 27.2 Å². The number of hydrogen-bond donors (Lipinski definition) is 4. The molecule has 0 saturated carbocycles. The summed E-state index contributed by atoms with van der Waals surface area (Å²) in [4.78, 5) is 24.5. The summed E-state index contributed by atoms with van der Waals surface area (Å²) in [6.45, 7) is 0. The SMILES string of the molecule is NS(=O)(=O)c1cc(C(=O)c2ccc(-c3ccc4ccccc4c3)cc2)ccc1Cl.NS(=O)(=O)c1cc(C(=O)c2ccc(Br)cc2)ccc1Cl.OB(O)c1ccc2ccccc2c1. The van der Waals surface area contributed by atoms with Crippen LogP contribution in [0.5, 0.6) is 0 Å². The molecule has 0 atom stereocenters. The van der Waals surface area contributed by atoms with E-state index in [1.165, 1.54) is 36.4 Å². The Balaban J connectivity index is 0.000000168. The van der Waals surface area contributed by atoms with Gasteiger partial charge in [0.1, 0.15) is 9.79 Å². The normalized spacial score (nSPS) is 11.2. The summed E-state index contributed by atoms with van der Waals surface area (Å²) in [7, 11) is -9.37. The van der Waals surface area contributed by atoms with E-state index in [9.17, 15) is 26.4 Å². The van der Waals surface area contributed by atoms with Gasteiger partial charge in [-0.25, -0.2) is 27.1 Å². The van der Waals surface area contributed by atoms with E-state index >= 15 is 0 Å². The second-order valence-corrected chi connectivity index (χ2v) is 18.5. The first-order valence-corrected chi connectivity index (χ1v) is 23.0. The van der Waals surface area contributed by atoms with Crippen LogP contribution >= 0.6 is 39.1 Å². The second-order valence-electron chi connectivity index (χ2n) is 13.7. The minimum absolute atomic E-state index is 0.0140. The number of carbonyl (C=O) groups is 2. The number of fused-ring (bicyclic) bond motifs is 2. The Labute approximate surface area is 376 Å². The summed E-state index contributed by atoms with van der Waals surface area (Å²) in [6.07, 6.45) is 0. The number of nitrogens with two attached hydrogens (primary N) is 2. The van der Waals surface area contributed by atoms with Gasteiger partial charge in [-0.05, 0) is 105 Å². The van der Waals surface area contributed by atoms with Crippen LogP contribution in [0, 0.1) is 0 Å². The average Bonchev–Trinajstić information content (AvgIpc) is 3.26. The third kappa shape index (κ3) is 11.5. The van der Waals surface area contributed by atoms with Crippen molar-refractivity contribution < 1.29 is 36.5 Å². The van der Waals surface area contributed by atoms with Crippen molar-refractivity contribution in [2.45, 2.75) is 9.79 Å². The summed E-state index contributed by atoms with van der Waals surface area (Å²) < 4.78 is 46.9. The van der Waals surface area contributed by atoms with Crippen LogP contribution in [0.15, 0.2) is 184 Å². The van der Waals surface area contributed by atoms with E-state index in [0.29, 0.717) is 16.6 Å². The fraction of sp³-hybridized carbons (Fsp3) is 0. The number of hydrogen-bond acceptors (Lipinski definition) is 8. The van der Waals surface area contributed by atoms with Gasteiger partial charge in [-0.3, -0.25) is 9.59 Å². The van der Waals surface area contributed by atoms with E-state index in [2.05, 4.69) is 40.2 Å². The predicted molar refractivity (Wildman–Crippen MR) is 250 cm³/mol. The molecule has 62 heavy (non-hydrogen) atoms. The lowest BCUT2D eigenvalue weighted by Crippen LogP contribution is -2.29. The Morgan fingerprint density at radius 1 is 0.468 bits per heavy atom. The van der Waals surface area contributed by atoms with Crippen LogP contribution in [-0.2, 0) is 20.0 Å². The Kier molecular flexibility index (Phi) is 14.6. The first-order valence-electron chi connectivity index (χ1n) is 18.3. The van der Waals surface area contributed by atoms with Gasteiger partial charge >= 0.3 is 7.12 Å². The van der Waals surface area contributed by atoms with Crippen LogP contribution in [-0.4, -0.2) is 45.6 Å². The van der Waals surface area contributed by atoms with Gasteiger partial charge in [-0.1, -0.05) is 142 Å².